The molecular weight excluding hydrogens is 460 g/mol. The van der Waals surface area contributed by atoms with Crippen molar-refractivity contribution in [3.63, 3.8) is 0 Å². The van der Waals surface area contributed by atoms with E-state index in [-0.39, 0.29) is 31.3 Å². The van der Waals surface area contributed by atoms with E-state index in [1.165, 1.54) is 4.90 Å². The average Bonchev–Trinajstić information content (AvgIpc) is 2.78. The Bertz CT molecular complexity index is 964. The first kappa shape index (κ1) is 30.5. The Hall–Kier alpha value is -3.54. The van der Waals surface area contributed by atoms with E-state index < -0.39 is 35.6 Å². The molecule has 0 aromatic heterocycles. The van der Waals surface area contributed by atoms with Gasteiger partial charge in [-0.2, -0.15) is 0 Å². The molecule has 4 amide bonds. The van der Waals surface area contributed by atoms with Crippen molar-refractivity contribution in [3.05, 3.63) is 35.4 Å². The van der Waals surface area contributed by atoms with Gasteiger partial charge in [0, 0.05) is 24.6 Å². The molecule has 4 N–H and O–H groups in total. The molecule has 0 spiro atoms. The number of nitrogens with two attached hydrogens (primary N) is 1. The number of terminal acetylenes is 1. The lowest BCUT2D eigenvalue weighted by Crippen LogP contribution is -2.53. The summed E-state index contributed by atoms with van der Waals surface area (Å²) in [6.45, 7) is 10.9. The standard InChI is InChI=1S/C27H40N4O5/c1-8-13-18(4)29-24(33)23(20-15-12-11-14-19(20)9-2)31(10-3)25(34)21(16-17-22(28)32)30-26(35)36-27(5,6)7/h2,11-12,14-15,18,21,23H,8,10,13,16-17H2,1,3-7H3,(H2,28,32)(H,29,33)(H,30,35). The van der Waals surface area contributed by atoms with Crippen molar-refractivity contribution in [1.29, 1.82) is 0 Å². The van der Waals surface area contributed by atoms with Crippen LogP contribution in [0.4, 0.5) is 4.79 Å². The van der Waals surface area contributed by atoms with Crippen LogP contribution in [0, 0.1) is 12.3 Å². The highest BCUT2D eigenvalue weighted by Crippen LogP contribution is 2.26. The van der Waals surface area contributed by atoms with Gasteiger partial charge < -0.3 is 26.0 Å². The Balaban J connectivity index is 3.46. The third kappa shape index (κ3) is 9.61. The van der Waals surface area contributed by atoms with E-state index in [0.29, 0.717) is 11.1 Å². The molecule has 0 heterocycles. The van der Waals surface area contributed by atoms with Gasteiger partial charge in [0.1, 0.15) is 17.7 Å². The minimum absolute atomic E-state index is 0.0543. The van der Waals surface area contributed by atoms with Crippen LogP contribution >= 0.6 is 0 Å². The second-order valence-corrected chi connectivity index (χ2v) is 9.66. The van der Waals surface area contributed by atoms with Crippen LogP contribution in [0.5, 0.6) is 0 Å². The fraction of sp³-hybridized carbons (Fsp3) is 0.556. The van der Waals surface area contributed by atoms with E-state index >= 15 is 0 Å². The van der Waals surface area contributed by atoms with Crippen molar-refractivity contribution in [2.75, 3.05) is 6.54 Å². The molecule has 0 aliphatic rings. The predicted octanol–water partition coefficient (Wildman–Crippen LogP) is 3.02. The first-order chi connectivity index (χ1) is 16.8. The average molecular weight is 501 g/mol. The van der Waals surface area contributed by atoms with Crippen LogP contribution in [0.2, 0.25) is 0 Å². The molecule has 1 aromatic rings. The molecule has 0 saturated heterocycles. The Morgan fingerprint density at radius 3 is 2.28 bits per heavy atom. The molecule has 1 rings (SSSR count). The highest BCUT2D eigenvalue weighted by molar-refractivity contribution is 5.93. The third-order valence-corrected chi connectivity index (χ3v) is 5.37. The Kier molecular flexibility index (Phi) is 12.0. The van der Waals surface area contributed by atoms with Crippen molar-refractivity contribution < 1.29 is 23.9 Å². The second-order valence-electron chi connectivity index (χ2n) is 9.66. The molecule has 0 aliphatic heterocycles. The zero-order valence-corrected chi connectivity index (χ0v) is 22.2. The highest BCUT2D eigenvalue weighted by atomic mass is 16.6. The van der Waals surface area contributed by atoms with Gasteiger partial charge in [0.2, 0.25) is 17.7 Å². The van der Waals surface area contributed by atoms with Crippen molar-refractivity contribution >= 4 is 23.8 Å². The van der Waals surface area contributed by atoms with Gasteiger partial charge in [-0.1, -0.05) is 37.5 Å². The summed E-state index contributed by atoms with van der Waals surface area (Å²) in [5.74, 6) is 1.02. The van der Waals surface area contributed by atoms with Crippen molar-refractivity contribution in [2.24, 2.45) is 5.73 Å². The summed E-state index contributed by atoms with van der Waals surface area (Å²) in [7, 11) is 0. The molecule has 198 valence electrons. The third-order valence-electron chi connectivity index (χ3n) is 5.37. The Morgan fingerprint density at radius 1 is 1.11 bits per heavy atom. The number of benzene rings is 1. The summed E-state index contributed by atoms with van der Waals surface area (Å²) in [5.41, 5.74) is 5.47. The van der Waals surface area contributed by atoms with Gasteiger partial charge in [-0.3, -0.25) is 14.4 Å². The Labute approximate surface area is 214 Å². The number of likely N-dealkylation sites (N-methyl/N-ethyl adjacent to an activating group) is 1. The molecular formula is C27H40N4O5. The summed E-state index contributed by atoms with van der Waals surface area (Å²) in [6, 6.07) is 4.59. The molecule has 9 nitrogen and oxygen atoms in total. The number of rotatable bonds is 12. The largest absolute Gasteiger partial charge is 0.444 e. The van der Waals surface area contributed by atoms with E-state index in [0.717, 1.165) is 12.8 Å². The first-order valence-corrected chi connectivity index (χ1v) is 12.3. The highest BCUT2D eigenvalue weighted by Gasteiger charge is 2.36. The van der Waals surface area contributed by atoms with Crippen LogP contribution in [0.3, 0.4) is 0 Å². The minimum atomic E-state index is -1.14. The summed E-state index contributed by atoms with van der Waals surface area (Å²) < 4.78 is 5.30. The van der Waals surface area contributed by atoms with E-state index in [4.69, 9.17) is 16.9 Å². The van der Waals surface area contributed by atoms with Crippen LogP contribution in [-0.4, -0.2) is 52.9 Å². The lowest BCUT2D eigenvalue weighted by atomic mass is 9.96. The minimum Gasteiger partial charge on any atom is -0.444 e. The zero-order valence-electron chi connectivity index (χ0n) is 22.2. The predicted molar refractivity (Wildman–Crippen MR) is 139 cm³/mol. The molecule has 0 radical (unpaired) electrons. The topological polar surface area (TPSA) is 131 Å². The van der Waals surface area contributed by atoms with Crippen LogP contribution in [-0.2, 0) is 19.1 Å². The summed E-state index contributed by atoms with van der Waals surface area (Å²) >= 11 is 0. The molecule has 0 fully saturated rings. The number of nitrogens with one attached hydrogen (secondary N) is 2. The van der Waals surface area contributed by atoms with Crippen LogP contribution in [0.1, 0.15) is 84.4 Å². The maximum atomic E-state index is 13.8. The number of alkyl carbamates (subject to hydrolysis) is 1. The summed E-state index contributed by atoms with van der Waals surface area (Å²) in [5, 5.41) is 5.52. The van der Waals surface area contributed by atoms with Gasteiger partial charge >= 0.3 is 6.09 Å². The maximum Gasteiger partial charge on any atom is 0.408 e. The first-order valence-electron chi connectivity index (χ1n) is 12.3. The van der Waals surface area contributed by atoms with Gasteiger partial charge in [-0.05, 0) is 59.1 Å². The lowest BCUT2D eigenvalue weighted by molar-refractivity contribution is -0.142. The molecule has 0 bridgehead atoms. The maximum absolute atomic E-state index is 13.8. The Morgan fingerprint density at radius 2 is 1.75 bits per heavy atom. The fourth-order valence-electron chi connectivity index (χ4n) is 3.80. The zero-order chi connectivity index (χ0) is 27.5. The second kappa shape index (κ2) is 14.1. The van der Waals surface area contributed by atoms with E-state index in [1.807, 2.05) is 13.8 Å². The van der Waals surface area contributed by atoms with Crippen molar-refractivity contribution in [2.45, 2.75) is 91.0 Å². The molecule has 1 aromatic carbocycles. The number of primary amides is 1. The van der Waals surface area contributed by atoms with Crippen molar-refractivity contribution in [1.82, 2.24) is 15.5 Å². The van der Waals surface area contributed by atoms with Gasteiger partial charge in [-0.25, -0.2) is 4.79 Å². The van der Waals surface area contributed by atoms with Gasteiger partial charge in [0.15, 0.2) is 0 Å². The summed E-state index contributed by atoms with van der Waals surface area (Å²) in [6.07, 6.45) is 6.33. The quantitative estimate of drug-likeness (QED) is 0.380. The van der Waals surface area contributed by atoms with E-state index in [1.54, 1.807) is 52.0 Å². The SMILES string of the molecule is C#Cc1ccccc1C(C(=O)NC(C)CCC)N(CC)C(=O)C(CCC(N)=O)NC(=O)OC(C)(C)C. The van der Waals surface area contributed by atoms with Crippen LogP contribution in [0.25, 0.3) is 0 Å². The fourth-order valence-corrected chi connectivity index (χ4v) is 3.80. The number of hydrogen-bond donors (Lipinski definition) is 3. The van der Waals surface area contributed by atoms with Gasteiger partial charge in [-0.15, -0.1) is 6.42 Å². The number of hydrogen-bond acceptors (Lipinski definition) is 5. The number of nitrogens with zero attached hydrogens (tertiary/aromatic N) is 1. The summed E-state index contributed by atoms with van der Waals surface area (Å²) in [4.78, 5) is 52.7. The van der Waals surface area contributed by atoms with Crippen LogP contribution < -0.4 is 16.4 Å². The number of carbonyl (C=O) groups is 4. The van der Waals surface area contributed by atoms with E-state index in [2.05, 4.69) is 16.6 Å². The van der Waals surface area contributed by atoms with Gasteiger partial charge in [0.25, 0.3) is 0 Å². The monoisotopic (exact) mass is 500 g/mol. The van der Waals surface area contributed by atoms with Gasteiger partial charge in [0.05, 0.1) is 0 Å². The molecule has 3 unspecified atom stereocenters. The van der Waals surface area contributed by atoms with Crippen LogP contribution in [0.15, 0.2) is 24.3 Å². The molecule has 3 atom stereocenters. The number of carbonyl (C=O) groups excluding carboxylic acids is 4. The molecule has 9 heteroatoms. The smallest absolute Gasteiger partial charge is 0.408 e. The molecule has 36 heavy (non-hydrogen) atoms. The molecule has 0 aliphatic carbocycles. The molecule has 0 saturated carbocycles. The van der Waals surface area contributed by atoms with Crippen molar-refractivity contribution in [3.8, 4) is 12.3 Å². The normalized spacial score (nSPS) is 13.5. The number of amides is 4. The van der Waals surface area contributed by atoms with E-state index in [9.17, 15) is 19.2 Å². The lowest BCUT2D eigenvalue weighted by Gasteiger charge is -2.34. The number of ether oxygens (including phenoxy) is 1.